The van der Waals surface area contributed by atoms with Crippen LogP contribution in [0.1, 0.15) is 28.1 Å². The SMILES string of the molecule is Cc1occc1C(=O)N[C@@H]1[C@@H](Cc2ccccc2)[C@H]2OCC[C@@H]12. The summed E-state index contributed by atoms with van der Waals surface area (Å²) in [4.78, 5) is 12.5. The highest BCUT2D eigenvalue weighted by Gasteiger charge is 2.54. The zero-order valence-corrected chi connectivity index (χ0v) is 13.2. The van der Waals surface area contributed by atoms with Crippen LogP contribution in [-0.2, 0) is 11.2 Å². The molecule has 0 spiro atoms. The molecule has 1 aliphatic heterocycles. The Morgan fingerprint density at radius 2 is 2.09 bits per heavy atom. The highest BCUT2D eigenvalue weighted by Crippen LogP contribution is 2.45. The maximum atomic E-state index is 12.5. The Morgan fingerprint density at radius 1 is 1.26 bits per heavy atom. The molecular weight excluding hydrogens is 290 g/mol. The van der Waals surface area contributed by atoms with Crippen LogP contribution in [0.3, 0.4) is 0 Å². The second-order valence-corrected chi connectivity index (χ2v) is 6.53. The topological polar surface area (TPSA) is 51.5 Å². The molecule has 1 saturated heterocycles. The van der Waals surface area contributed by atoms with Crippen molar-refractivity contribution in [3.05, 3.63) is 59.5 Å². The number of carbonyl (C=O) groups excluding carboxylic acids is 1. The quantitative estimate of drug-likeness (QED) is 0.944. The molecule has 1 aliphatic carbocycles. The monoisotopic (exact) mass is 311 g/mol. The van der Waals surface area contributed by atoms with E-state index in [1.165, 1.54) is 5.56 Å². The summed E-state index contributed by atoms with van der Waals surface area (Å²) >= 11 is 0. The van der Waals surface area contributed by atoms with Gasteiger partial charge in [-0.1, -0.05) is 30.3 Å². The van der Waals surface area contributed by atoms with Gasteiger partial charge in [0.25, 0.3) is 5.91 Å². The minimum atomic E-state index is -0.0374. The number of nitrogens with one attached hydrogen (secondary N) is 1. The van der Waals surface area contributed by atoms with Crippen molar-refractivity contribution in [3.8, 4) is 0 Å². The number of aryl methyl sites for hydroxylation is 1. The molecule has 0 radical (unpaired) electrons. The van der Waals surface area contributed by atoms with E-state index < -0.39 is 0 Å². The molecule has 4 heteroatoms. The molecule has 4 atom stereocenters. The van der Waals surface area contributed by atoms with Crippen molar-refractivity contribution in [2.45, 2.75) is 31.9 Å². The molecule has 1 saturated carbocycles. The van der Waals surface area contributed by atoms with Crippen molar-refractivity contribution in [2.75, 3.05) is 6.61 Å². The number of fused-ring (bicyclic) bond motifs is 1. The third kappa shape index (κ3) is 2.57. The summed E-state index contributed by atoms with van der Waals surface area (Å²) in [5.74, 6) is 1.42. The van der Waals surface area contributed by atoms with Gasteiger partial charge in [0.05, 0.1) is 17.9 Å². The zero-order valence-electron chi connectivity index (χ0n) is 13.2. The molecule has 0 bridgehead atoms. The number of carbonyl (C=O) groups is 1. The lowest BCUT2D eigenvalue weighted by molar-refractivity contribution is -0.0528. The van der Waals surface area contributed by atoms with Crippen molar-refractivity contribution in [1.29, 1.82) is 0 Å². The molecule has 1 aromatic carbocycles. The summed E-state index contributed by atoms with van der Waals surface area (Å²) < 4.78 is 11.1. The molecule has 120 valence electrons. The number of hydrogen-bond donors (Lipinski definition) is 1. The summed E-state index contributed by atoms with van der Waals surface area (Å²) in [7, 11) is 0. The lowest BCUT2D eigenvalue weighted by Crippen LogP contribution is -2.62. The second kappa shape index (κ2) is 5.85. The summed E-state index contributed by atoms with van der Waals surface area (Å²) in [5.41, 5.74) is 1.93. The first-order chi connectivity index (χ1) is 11.2. The van der Waals surface area contributed by atoms with Gasteiger partial charge in [-0.25, -0.2) is 0 Å². The van der Waals surface area contributed by atoms with Crippen LogP contribution in [0.25, 0.3) is 0 Å². The molecule has 1 amide bonds. The van der Waals surface area contributed by atoms with E-state index in [9.17, 15) is 4.79 Å². The van der Waals surface area contributed by atoms with Gasteiger partial charge in [0, 0.05) is 24.5 Å². The van der Waals surface area contributed by atoms with Crippen molar-refractivity contribution in [1.82, 2.24) is 5.32 Å². The van der Waals surface area contributed by atoms with Gasteiger partial charge < -0.3 is 14.5 Å². The van der Waals surface area contributed by atoms with E-state index in [4.69, 9.17) is 9.15 Å². The van der Waals surface area contributed by atoms with E-state index in [0.717, 1.165) is 19.4 Å². The molecule has 2 heterocycles. The van der Waals surface area contributed by atoms with E-state index in [0.29, 0.717) is 23.2 Å². The average Bonchev–Trinajstić information content (AvgIpc) is 3.18. The maximum absolute atomic E-state index is 12.5. The Kier molecular flexibility index (Phi) is 3.69. The first-order valence-corrected chi connectivity index (χ1v) is 8.24. The molecule has 0 unspecified atom stereocenters. The Morgan fingerprint density at radius 3 is 2.83 bits per heavy atom. The summed E-state index contributed by atoms with van der Waals surface area (Å²) in [5, 5.41) is 3.22. The van der Waals surface area contributed by atoms with E-state index >= 15 is 0 Å². The minimum absolute atomic E-state index is 0.0374. The standard InChI is InChI=1S/C19H21NO3/c1-12-14(7-9-22-12)19(21)20-17-15-8-10-23-18(15)16(17)11-13-5-3-2-4-6-13/h2-7,9,15-18H,8,10-11H2,1H3,(H,20,21)/t15-,16+,17-,18-/m0/s1. The molecule has 4 rings (SSSR count). The fourth-order valence-corrected chi connectivity index (χ4v) is 4.02. The first kappa shape index (κ1) is 14.5. The van der Waals surface area contributed by atoms with E-state index in [-0.39, 0.29) is 18.1 Å². The minimum Gasteiger partial charge on any atom is -0.469 e. The van der Waals surface area contributed by atoms with Gasteiger partial charge in [-0.15, -0.1) is 0 Å². The maximum Gasteiger partial charge on any atom is 0.255 e. The fraction of sp³-hybridized carbons (Fsp3) is 0.421. The Hall–Kier alpha value is -2.07. The third-order valence-corrected chi connectivity index (χ3v) is 5.24. The van der Waals surface area contributed by atoms with Crippen molar-refractivity contribution < 1.29 is 13.9 Å². The van der Waals surface area contributed by atoms with Gasteiger partial charge in [-0.05, 0) is 31.4 Å². The number of hydrogen-bond acceptors (Lipinski definition) is 3. The van der Waals surface area contributed by atoms with Crippen LogP contribution in [0.5, 0.6) is 0 Å². The molecule has 23 heavy (non-hydrogen) atoms. The predicted molar refractivity (Wildman–Crippen MR) is 86.2 cm³/mol. The van der Waals surface area contributed by atoms with E-state index in [2.05, 4.69) is 29.6 Å². The van der Waals surface area contributed by atoms with Gasteiger partial charge >= 0.3 is 0 Å². The van der Waals surface area contributed by atoms with Crippen LogP contribution in [0.4, 0.5) is 0 Å². The number of furan rings is 1. The van der Waals surface area contributed by atoms with Crippen LogP contribution in [0, 0.1) is 18.8 Å². The third-order valence-electron chi connectivity index (χ3n) is 5.24. The molecule has 2 aliphatic rings. The molecular formula is C19H21NO3. The van der Waals surface area contributed by atoms with E-state index in [1.807, 2.05) is 13.0 Å². The van der Waals surface area contributed by atoms with Crippen LogP contribution >= 0.6 is 0 Å². The zero-order chi connectivity index (χ0) is 15.8. The normalized spacial score (nSPS) is 28.9. The van der Waals surface area contributed by atoms with Crippen LogP contribution in [-0.4, -0.2) is 24.7 Å². The molecule has 2 fully saturated rings. The lowest BCUT2D eigenvalue weighted by atomic mass is 9.64. The highest BCUT2D eigenvalue weighted by atomic mass is 16.5. The smallest absolute Gasteiger partial charge is 0.255 e. The largest absolute Gasteiger partial charge is 0.469 e. The molecule has 1 N–H and O–H groups in total. The fourth-order valence-electron chi connectivity index (χ4n) is 4.02. The van der Waals surface area contributed by atoms with Gasteiger partial charge in [-0.3, -0.25) is 4.79 Å². The van der Waals surface area contributed by atoms with Crippen molar-refractivity contribution >= 4 is 5.91 Å². The van der Waals surface area contributed by atoms with Crippen LogP contribution in [0.15, 0.2) is 47.1 Å². The highest BCUT2D eigenvalue weighted by molar-refractivity contribution is 5.95. The second-order valence-electron chi connectivity index (χ2n) is 6.53. The lowest BCUT2D eigenvalue weighted by Gasteiger charge is -2.48. The number of ether oxygens (including phenoxy) is 1. The molecule has 1 aromatic heterocycles. The van der Waals surface area contributed by atoms with Crippen molar-refractivity contribution in [3.63, 3.8) is 0 Å². The number of amides is 1. The first-order valence-electron chi connectivity index (χ1n) is 8.24. The van der Waals surface area contributed by atoms with Gasteiger partial charge in [0.15, 0.2) is 0 Å². The van der Waals surface area contributed by atoms with Gasteiger partial charge in [-0.2, -0.15) is 0 Å². The molecule has 4 nitrogen and oxygen atoms in total. The van der Waals surface area contributed by atoms with E-state index in [1.54, 1.807) is 12.3 Å². The average molecular weight is 311 g/mol. The summed E-state index contributed by atoms with van der Waals surface area (Å²) in [6, 6.07) is 12.3. The van der Waals surface area contributed by atoms with Crippen molar-refractivity contribution in [2.24, 2.45) is 11.8 Å². The van der Waals surface area contributed by atoms with Crippen LogP contribution < -0.4 is 5.32 Å². The number of rotatable bonds is 4. The Labute approximate surface area is 135 Å². The summed E-state index contributed by atoms with van der Waals surface area (Å²) in [6.07, 6.45) is 3.82. The predicted octanol–water partition coefficient (Wildman–Crippen LogP) is 2.96. The molecule has 2 aromatic rings. The van der Waals surface area contributed by atoms with Gasteiger partial charge in [0.1, 0.15) is 5.76 Å². The summed E-state index contributed by atoms with van der Waals surface area (Å²) in [6.45, 7) is 2.62. The Bertz CT molecular complexity index is 694. The number of benzene rings is 1. The van der Waals surface area contributed by atoms with Crippen LogP contribution in [0.2, 0.25) is 0 Å². The van der Waals surface area contributed by atoms with Gasteiger partial charge in [0.2, 0.25) is 0 Å². The Balaban J connectivity index is 1.49.